The van der Waals surface area contributed by atoms with E-state index in [2.05, 4.69) is 20.3 Å². The van der Waals surface area contributed by atoms with Crippen LogP contribution in [0.5, 0.6) is 0 Å². The van der Waals surface area contributed by atoms with Crippen LogP contribution in [0.2, 0.25) is 5.02 Å². The Bertz CT molecular complexity index is 627. The number of fused-ring (bicyclic) bond motifs is 1. The molecule has 0 aliphatic heterocycles. The Labute approximate surface area is 121 Å². The third-order valence-electron chi connectivity index (χ3n) is 3.64. The highest BCUT2D eigenvalue weighted by atomic mass is 35.5. The standard InChI is InChI=1S/C13H16ClN5O/c14-10-6-16-12(15)9-5-17-13(19-11(9)10)18-7-1-3-8(20)4-2-7/h5-8,20H,1-4H2,(H2,15,16)(H,17,18,19). The number of nitrogen functional groups attached to an aromatic ring is 1. The van der Waals surface area contributed by atoms with E-state index in [9.17, 15) is 5.11 Å². The number of halogens is 1. The monoisotopic (exact) mass is 293 g/mol. The average Bonchev–Trinajstić information content (AvgIpc) is 2.46. The van der Waals surface area contributed by atoms with E-state index in [0.717, 1.165) is 25.7 Å². The van der Waals surface area contributed by atoms with Gasteiger partial charge in [-0.15, -0.1) is 0 Å². The normalized spacial score (nSPS) is 22.9. The zero-order valence-electron chi connectivity index (χ0n) is 10.9. The van der Waals surface area contributed by atoms with Crippen molar-refractivity contribution in [3.05, 3.63) is 17.4 Å². The predicted molar refractivity (Wildman–Crippen MR) is 78.6 cm³/mol. The third-order valence-corrected chi connectivity index (χ3v) is 3.91. The van der Waals surface area contributed by atoms with Crippen molar-refractivity contribution in [2.45, 2.75) is 37.8 Å². The molecule has 0 spiro atoms. The molecule has 1 saturated carbocycles. The van der Waals surface area contributed by atoms with Gasteiger partial charge in [0.2, 0.25) is 5.95 Å². The number of nitrogens with two attached hydrogens (primary N) is 1. The lowest BCUT2D eigenvalue weighted by molar-refractivity contribution is 0.126. The van der Waals surface area contributed by atoms with Gasteiger partial charge in [0.25, 0.3) is 0 Å². The van der Waals surface area contributed by atoms with Crippen molar-refractivity contribution >= 4 is 34.3 Å². The maximum absolute atomic E-state index is 9.50. The highest BCUT2D eigenvalue weighted by molar-refractivity contribution is 6.35. The Kier molecular flexibility index (Phi) is 3.58. The molecule has 0 amide bonds. The van der Waals surface area contributed by atoms with Gasteiger partial charge in [-0.1, -0.05) is 11.6 Å². The highest BCUT2D eigenvalue weighted by Crippen LogP contribution is 2.26. The van der Waals surface area contributed by atoms with Gasteiger partial charge < -0.3 is 16.2 Å². The molecule has 106 valence electrons. The summed E-state index contributed by atoms with van der Waals surface area (Å²) in [7, 11) is 0. The number of aliphatic hydroxyl groups is 1. The van der Waals surface area contributed by atoms with Crippen LogP contribution >= 0.6 is 11.6 Å². The molecule has 0 saturated heterocycles. The van der Waals surface area contributed by atoms with Crippen LogP contribution in [-0.4, -0.2) is 32.2 Å². The maximum Gasteiger partial charge on any atom is 0.223 e. The molecule has 0 bridgehead atoms. The third kappa shape index (κ3) is 2.62. The predicted octanol–water partition coefficient (Wildman–Crippen LogP) is 1.98. The van der Waals surface area contributed by atoms with Gasteiger partial charge in [0.15, 0.2) is 0 Å². The zero-order chi connectivity index (χ0) is 14.1. The maximum atomic E-state index is 9.50. The minimum Gasteiger partial charge on any atom is -0.393 e. The first-order valence-electron chi connectivity index (χ1n) is 6.65. The summed E-state index contributed by atoms with van der Waals surface area (Å²) in [5.74, 6) is 0.906. The minimum absolute atomic E-state index is 0.175. The molecule has 0 aromatic carbocycles. The molecule has 1 fully saturated rings. The SMILES string of the molecule is Nc1ncc(Cl)c2nc(NC3CCC(O)CC3)ncc12. The average molecular weight is 294 g/mol. The topological polar surface area (TPSA) is 97.0 Å². The van der Waals surface area contributed by atoms with Crippen LogP contribution in [0.15, 0.2) is 12.4 Å². The largest absolute Gasteiger partial charge is 0.393 e. The fraction of sp³-hybridized carbons (Fsp3) is 0.462. The summed E-state index contributed by atoms with van der Waals surface area (Å²) >= 11 is 6.09. The Morgan fingerprint density at radius 2 is 1.95 bits per heavy atom. The number of nitrogens with zero attached hydrogens (tertiary/aromatic N) is 3. The quantitative estimate of drug-likeness (QED) is 0.783. The van der Waals surface area contributed by atoms with Gasteiger partial charge in [-0.25, -0.2) is 15.0 Å². The second kappa shape index (κ2) is 5.38. The van der Waals surface area contributed by atoms with Crippen molar-refractivity contribution in [3.8, 4) is 0 Å². The van der Waals surface area contributed by atoms with Crippen LogP contribution in [0.3, 0.4) is 0 Å². The molecule has 7 heteroatoms. The smallest absolute Gasteiger partial charge is 0.223 e. The molecule has 6 nitrogen and oxygen atoms in total. The molecule has 1 aliphatic carbocycles. The number of hydrogen-bond acceptors (Lipinski definition) is 6. The number of aromatic nitrogens is 3. The number of aliphatic hydroxyl groups excluding tert-OH is 1. The first-order valence-corrected chi connectivity index (χ1v) is 7.02. The van der Waals surface area contributed by atoms with Crippen molar-refractivity contribution in [3.63, 3.8) is 0 Å². The van der Waals surface area contributed by atoms with Crippen LogP contribution in [0.25, 0.3) is 10.9 Å². The molecule has 4 N–H and O–H groups in total. The van der Waals surface area contributed by atoms with E-state index in [-0.39, 0.29) is 12.1 Å². The van der Waals surface area contributed by atoms with E-state index < -0.39 is 0 Å². The number of nitrogens with one attached hydrogen (secondary N) is 1. The van der Waals surface area contributed by atoms with Gasteiger partial charge in [-0.05, 0) is 25.7 Å². The Hall–Kier alpha value is -1.66. The van der Waals surface area contributed by atoms with Gasteiger partial charge in [0.05, 0.1) is 28.2 Å². The van der Waals surface area contributed by atoms with Gasteiger partial charge in [-0.2, -0.15) is 0 Å². The van der Waals surface area contributed by atoms with Crippen LogP contribution in [0.4, 0.5) is 11.8 Å². The molecule has 20 heavy (non-hydrogen) atoms. The number of rotatable bonds is 2. The molecular formula is C13H16ClN5O. The Morgan fingerprint density at radius 3 is 2.70 bits per heavy atom. The molecule has 2 aromatic heterocycles. The number of hydrogen-bond donors (Lipinski definition) is 3. The lowest BCUT2D eigenvalue weighted by Crippen LogP contribution is -2.28. The molecule has 0 atom stereocenters. The van der Waals surface area contributed by atoms with Crippen LogP contribution in [-0.2, 0) is 0 Å². The number of pyridine rings is 1. The van der Waals surface area contributed by atoms with Crippen molar-refractivity contribution in [1.82, 2.24) is 15.0 Å². The summed E-state index contributed by atoms with van der Waals surface area (Å²) in [6, 6.07) is 0.286. The van der Waals surface area contributed by atoms with E-state index in [0.29, 0.717) is 27.7 Å². The van der Waals surface area contributed by atoms with E-state index in [1.54, 1.807) is 6.20 Å². The summed E-state index contributed by atoms with van der Waals surface area (Å²) in [4.78, 5) is 12.6. The fourth-order valence-corrected chi connectivity index (χ4v) is 2.67. The van der Waals surface area contributed by atoms with E-state index in [1.165, 1.54) is 6.20 Å². The van der Waals surface area contributed by atoms with Gasteiger partial charge in [0.1, 0.15) is 5.82 Å². The zero-order valence-corrected chi connectivity index (χ0v) is 11.6. The lowest BCUT2D eigenvalue weighted by Gasteiger charge is -2.26. The first kappa shape index (κ1) is 13.3. The van der Waals surface area contributed by atoms with Gasteiger partial charge in [-0.3, -0.25) is 0 Å². The second-order valence-electron chi connectivity index (χ2n) is 5.10. The number of anilines is 2. The Morgan fingerprint density at radius 1 is 1.20 bits per heavy atom. The van der Waals surface area contributed by atoms with Crippen LogP contribution < -0.4 is 11.1 Å². The molecule has 2 aromatic rings. The Balaban J connectivity index is 1.84. The van der Waals surface area contributed by atoms with Crippen molar-refractivity contribution < 1.29 is 5.11 Å². The second-order valence-corrected chi connectivity index (χ2v) is 5.50. The molecule has 0 radical (unpaired) electrons. The molecule has 1 aliphatic rings. The van der Waals surface area contributed by atoms with Gasteiger partial charge in [0, 0.05) is 12.2 Å². The van der Waals surface area contributed by atoms with E-state index in [1.807, 2.05) is 0 Å². The summed E-state index contributed by atoms with van der Waals surface area (Å²) < 4.78 is 0. The van der Waals surface area contributed by atoms with E-state index >= 15 is 0 Å². The first-order chi connectivity index (χ1) is 9.63. The summed E-state index contributed by atoms with van der Waals surface area (Å²) in [5, 5.41) is 13.9. The molecule has 2 heterocycles. The van der Waals surface area contributed by atoms with Crippen molar-refractivity contribution in [2.75, 3.05) is 11.1 Å². The summed E-state index contributed by atoms with van der Waals surface area (Å²) in [6.45, 7) is 0. The molecule has 0 unspecified atom stereocenters. The van der Waals surface area contributed by atoms with Crippen molar-refractivity contribution in [2.24, 2.45) is 0 Å². The summed E-state index contributed by atoms with van der Waals surface area (Å²) in [5.41, 5.74) is 6.38. The highest BCUT2D eigenvalue weighted by Gasteiger charge is 2.20. The van der Waals surface area contributed by atoms with E-state index in [4.69, 9.17) is 17.3 Å². The van der Waals surface area contributed by atoms with Crippen LogP contribution in [0, 0.1) is 0 Å². The molecular weight excluding hydrogens is 278 g/mol. The minimum atomic E-state index is -0.175. The molecule has 3 rings (SSSR count). The fourth-order valence-electron chi connectivity index (χ4n) is 2.48. The van der Waals surface area contributed by atoms with Crippen LogP contribution in [0.1, 0.15) is 25.7 Å². The van der Waals surface area contributed by atoms with Gasteiger partial charge >= 0.3 is 0 Å². The summed E-state index contributed by atoms with van der Waals surface area (Å²) in [6.07, 6.45) is 6.39. The van der Waals surface area contributed by atoms with Crippen molar-refractivity contribution in [1.29, 1.82) is 0 Å². The lowest BCUT2D eigenvalue weighted by atomic mass is 9.93.